The van der Waals surface area contributed by atoms with Crippen molar-refractivity contribution in [1.82, 2.24) is 0 Å². The predicted molar refractivity (Wildman–Crippen MR) is 45.3 cm³/mol. The van der Waals surface area contributed by atoms with Crippen LogP contribution in [-0.2, 0) is 0 Å². The average Bonchev–Trinajstić information content (AvgIpc) is 2.03. The molecule has 0 amide bonds. The summed E-state index contributed by atoms with van der Waals surface area (Å²) in [6, 6.07) is 4.63. The van der Waals surface area contributed by atoms with E-state index in [9.17, 15) is 5.11 Å². The molecule has 1 aromatic carbocycles. The normalized spacial score (nSPS) is 12.6. The average molecular weight is 168 g/mol. The Labute approximate surface area is 71.2 Å². The summed E-state index contributed by atoms with van der Waals surface area (Å²) in [6.07, 6.45) is -0.583. The Bertz CT molecular complexity index is 268. The summed E-state index contributed by atoms with van der Waals surface area (Å²) in [5.74, 6) is 0.640. The lowest BCUT2D eigenvalue weighted by atomic mass is 10.1. The Hall–Kier alpha value is -1.22. The minimum Gasteiger partial charge on any atom is -0.508 e. The molecule has 3 nitrogen and oxygen atoms in total. The van der Waals surface area contributed by atoms with Gasteiger partial charge in [-0.3, -0.25) is 0 Å². The monoisotopic (exact) mass is 168 g/mol. The van der Waals surface area contributed by atoms with E-state index in [-0.39, 0.29) is 5.75 Å². The third-order valence-electron chi connectivity index (χ3n) is 1.67. The topological polar surface area (TPSA) is 49.7 Å². The van der Waals surface area contributed by atoms with Crippen LogP contribution >= 0.6 is 0 Å². The molecule has 1 rings (SSSR count). The van der Waals surface area contributed by atoms with Gasteiger partial charge in [0.05, 0.1) is 13.2 Å². The highest BCUT2D eigenvalue weighted by molar-refractivity contribution is 5.40. The van der Waals surface area contributed by atoms with Gasteiger partial charge in [-0.05, 0) is 19.1 Å². The molecule has 1 atom stereocenters. The summed E-state index contributed by atoms with van der Waals surface area (Å²) < 4.78 is 4.97. The maximum absolute atomic E-state index is 9.26. The number of ether oxygens (including phenoxy) is 1. The molecular formula is C9H12O3. The number of aromatic hydroxyl groups is 1. The zero-order valence-corrected chi connectivity index (χ0v) is 7.11. The van der Waals surface area contributed by atoms with Crippen LogP contribution in [0.1, 0.15) is 18.6 Å². The number of aliphatic hydroxyl groups excluding tert-OH is 1. The largest absolute Gasteiger partial charge is 0.508 e. The molecular weight excluding hydrogens is 156 g/mol. The molecule has 0 aromatic heterocycles. The molecule has 1 aromatic rings. The van der Waals surface area contributed by atoms with Crippen molar-refractivity contribution in [1.29, 1.82) is 0 Å². The Balaban J connectivity index is 3.11. The molecule has 0 radical (unpaired) electrons. The Kier molecular flexibility index (Phi) is 2.55. The van der Waals surface area contributed by atoms with Gasteiger partial charge in [-0.15, -0.1) is 0 Å². The van der Waals surface area contributed by atoms with Crippen molar-refractivity contribution in [3.63, 3.8) is 0 Å². The molecule has 0 saturated carbocycles. The van der Waals surface area contributed by atoms with Crippen LogP contribution in [0.3, 0.4) is 0 Å². The van der Waals surface area contributed by atoms with E-state index >= 15 is 0 Å². The van der Waals surface area contributed by atoms with E-state index in [4.69, 9.17) is 9.84 Å². The van der Waals surface area contributed by atoms with Gasteiger partial charge in [0, 0.05) is 11.6 Å². The van der Waals surface area contributed by atoms with E-state index in [0.717, 1.165) is 0 Å². The number of aliphatic hydroxyl groups is 1. The fourth-order valence-electron chi connectivity index (χ4n) is 1.04. The summed E-state index contributed by atoms with van der Waals surface area (Å²) in [6.45, 7) is 1.65. The van der Waals surface area contributed by atoms with Crippen LogP contribution in [0, 0.1) is 0 Å². The molecule has 0 unspecified atom stereocenters. The summed E-state index contributed by atoms with van der Waals surface area (Å²) >= 11 is 0. The van der Waals surface area contributed by atoms with E-state index in [1.165, 1.54) is 19.2 Å². The molecule has 0 spiro atoms. The van der Waals surface area contributed by atoms with Gasteiger partial charge in [0.15, 0.2) is 0 Å². The highest BCUT2D eigenvalue weighted by Gasteiger charge is 2.08. The summed E-state index contributed by atoms with van der Waals surface area (Å²) in [5.41, 5.74) is 0.676. The second kappa shape index (κ2) is 3.45. The number of hydrogen-bond donors (Lipinski definition) is 2. The number of hydrogen-bond acceptors (Lipinski definition) is 3. The smallest absolute Gasteiger partial charge is 0.128 e. The van der Waals surface area contributed by atoms with Gasteiger partial charge in [0.25, 0.3) is 0 Å². The fraction of sp³-hybridized carbons (Fsp3) is 0.333. The van der Waals surface area contributed by atoms with Crippen molar-refractivity contribution in [3.05, 3.63) is 23.8 Å². The number of methoxy groups -OCH3 is 1. The first-order valence-electron chi connectivity index (χ1n) is 3.70. The standard InChI is InChI=1S/C9H12O3/c1-6(10)8-4-3-7(11)5-9(8)12-2/h3-6,10-11H,1-2H3/t6-/m0/s1. The quantitative estimate of drug-likeness (QED) is 0.702. The molecule has 0 aliphatic carbocycles. The van der Waals surface area contributed by atoms with Crippen LogP contribution < -0.4 is 4.74 Å². The molecule has 0 aliphatic rings. The zero-order valence-electron chi connectivity index (χ0n) is 7.11. The Morgan fingerprint density at radius 1 is 1.42 bits per heavy atom. The minimum atomic E-state index is -0.583. The predicted octanol–water partition coefficient (Wildman–Crippen LogP) is 1.45. The molecule has 66 valence electrons. The second-order valence-corrected chi connectivity index (χ2v) is 2.60. The zero-order chi connectivity index (χ0) is 9.14. The number of benzene rings is 1. The maximum Gasteiger partial charge on any atom is 0.128 e. The molecule has 0 saturated heterocycles. The molecule has 3 heteroatoms. The van der Waals surface area contributed by atoms with Crippen LogP contribution in [0.5, 0.6) is 11.5 Å². The maximum atomic E-state index is 9.26. The van der Waals surface area contributed by atoms with Crippen LogP contribution in [0.4, 0.5) is 0 Å². The van der Waals surface area contributed by atoms with E-state index in [0.29, 0.717) is 11.3 Å². The van der Waals surface area contributed by atoms with E-state index < -0.39 is 6.10 Å². The van der Waals surface area contributed by atoms with Gasteiger partial charge >= 0.3 is 0 Å². The van der Waals surface area contributed by atoms with Crippen molar-refractivity contribution in [2.24, 2.45) is 0 Å². The van der Waals surface area contributed by atoms with E-state index in [1.54, 1.807) is 13.0 Å². The summed E-state index contributed by atoms with van der Waals surface area (Å²) in [4.78, 5) is 0. The lowest BCUT2D eigenvalue weighted by Crippen LogP contribution is -1.95. The van der Waals surface area contributed by atoms with Crippen LogP contribution in [0.15, 0.2) is 18.2 Å². The first-order valence-corrected chi connectivity index (χ1v) is 3.70. The Morgan fingerprint density at radius 2 is 2.08 bits per heavy atom. The Morgan fingerprint density at radius 3 is 2.58 bits per heavy atom. The van der Waals surface area contributed by atoms with Gasteiger partial charge in [0.2, 0.25) is 0 Å². The molecule has 0 fully saturated rings. The summed E-state index contributed by atoms with van der Waals surface area (Å²) in [7, 11) is 1.50. The van der Waals surface area contributed by atoms with Crippen molar-refractivity contribution in [2.45, 2.75) is 13.0 Å². The fourth-order valence-corrected chi connectivity index (χ4v) is 1.04. The van der Waals surface area contributed by atoms with Gasteiger partial charge < -0.3 is 14.9 Å². The van der Waals surface area contributed by atoms with Crippen LogP contribution in [0.25, 0.3) is 0 Å². The van der Waals surface area contributed by atoms with E-state index in [1.807, 2.05) is 0 Å². The van der Waals surface area contributed by atoms with Crippen molar-refractivity contribution in [3.8, 4) is 11.5 Å². The van der Waals surface area contributed by atoms with Gasteiger partial charge in [0.1, 0.15) is 11.5 Å². The first kappa shape index (κ1) is 8.87. The number of phenolic OH excluding ortho intramolecular Hbond substituents is 1. The number of rotatable bonds is 2. The SMILES string of the molecule is COc1cc(O)ccc1[C@H](C)O. The first-order chi connectivity index (χ1) is 5.65. The number of phenols is 1. The highest BCUT2D eigenvalue weighted by Crippen LogP contribution is 2.28. The summed E-state index contributed by atoms with van der Waals surface area (Å²) in [5, 5.41) is 18.4. The third-order valence-corrected chi connectivity index (χ3v) is 1.67. The molecule has 0 bridgehead atoms. The highest BCUT2D eigenvalue weighted by atomic mass is 16.5. The molecule has 2 N–H and O–H groups in total. The third kappa shape index (κ3) is 1.68. The van der Waals surface area contributed by atoms with Gasteiger partial charge in [-0.2, -0.15) is 0 Å². The molecule has 0 heterocycles. The lowest BCUT2D eigenvalue weighted by molar-refractivity contribution is 0.194. The lowest BCUT2D eigenvalue weighted by Gasteiger charge is -2.10. The van der Waals surface area contributed by atoms with Gasteiger partial charge in [-0.1, -0.05) is 0 Å². The van der Waals surface area contributed by atoms with Crippen LogP contribution in [0.2, 0.25) is 0 Å². The van der Waals surface area contributed by atoms with Crippen LogP contribution in [-0.4, -0.2) is 17.3 Å². The molecule has 0 aliphatic heterocycles. The van der Waals surface area contributed by atoms with Crippen molar-refractivity contribution >= 4 is 0 Å². The second-order valence-electron chi connectivity index (χ2n) is 2.60. The van der Waals surface area contributed by atoms with E-state index in [2.05, 4.69) is 0 Å². The molecule has 12 heavy (non-hydrogen) atoms. The van der Waals surface area contributed by atoms with Gasteiger partial charge in [-0.25, -0.2) is 0 Å². The van der Waals surface area contributed by atoms with Crippen molar-refractivity contribution < 1.29 is 14.9 Å². The van der Waals surface area contributed by atoms with Crippen molar-refractivity contribution in [2.75, 3.05) is 7.11 Å². The minimum absolute atomic E-state index is 0.135.